The summed E-state index contributed by atoms with van der Waals surface area (Å²) in [7, 11) is 0. The minimum Gasteiger partial charge on any atom is -0.366 e. The molecule has 0 saturated heterocycles. The highest BCUT2D eigenvalue weighted by Crippen LogP contribution is 2.26. The summed E-state index contributed by atoms with van der Waals surface area (Å²) >= 11 is 0. The summed E-state index contributed by atoms with van der Waals surface area (Å²) in [6.45, 7) is 0. The molecule has 1 saturated carbocycles. The number of amides is 2. The molecule has 0 atom stereocenters. The fraction of sp³-hybridized carbons (Fsp3) is 0.240. The third-order valence-electron chi connectivity index (χ3n) is 5.94. The van der Waals surface area contributed by atoms with Gasteiger partial charge in [0.2, 0.25) is 0 Å². The molecule has 0 spiro atoms. The molecular formula is C25H28N8O. The average molecular weight is 457 g/mol. The highest BCUT2D eigenvalue weighted by atomic mass is 16.2. The molecule has 34 heavy (non-hydrogen) atoms. The number of nitrogens with two attached hydrogens (primary N) is 1. The van der Waals surface area contributed by atoms with Crippen LogP contribution in [0.1, 0.15) is 25.7 Å². The number of benzene rings is 2. The second kappa shape index (κ2) is 9.80. The van der Waals surface area contributed by atoms with Gasteiger partial charge < -0.3 is 27.0 Å². The van der Waals surface area contributed by atoms with E-state index in [4.69, 9.17) is 5.73 Å². The van der Waals surface area contributed by atoms with E-state index in [2.05, 4.69) is 31.3 Å². The zero-order valence-electron chi connectivity index (χ0n) is 18.7. The Hall–Kier alpha value is -4.11. The van der Waals surface area contributed by atoms with Crippen molar-refractivity contribution in [3.8, 4) is 0 Å². The molecule has 1 aliphatic carbocycles. The molecule has 2 amide bonds. The molecule has 0 bridgehead atoms. The van der Waals surface area contributed by atoms with Crippen LogP contribution in [-0.2, 0) is 0 Å². The van der Waals surface area contributed by atoms with Crippen LogP contribution in [-0.4, -0.2) is 32.7 Å². The third kappa shape index (κ3) is 5.26. The Morgan fingerprint density at radius 1 is 0.912 bits per heavy atom. The van der Waals surface area contributed by atoms with Crippen LogP contribution < -0.4 is 27.0 Å². The molecule has 1 fully saturated rings. The van der Waals surface area contributed by atoms with Crippen LogP contribution in [0.15, 0.2) is 73.1 Å². The monoisotopic (exact) mass is 456 g/mol. The number of urea groups is 1. The number of aromatic nitrogens is 3. The summed E-state index contributed by atoms with van der Waals surface area (Å²) < 4.78 is 1.77. The second-order valence-electron chi connectivity index (χ2n) is 8.54. The lowest BCUT2D eigenvalue weighted by Crippen LogP contribution is -2.33. The predicted octanol–water partition coefficient (Wildman–Crippen LogP) is 4.80. The zero-order valence-corrected chi connectivity index (χ0v) is 18.7. The maximum Gasteiger partial charge on any atom is 0.323 e. The van der Waals surface area contributed by atoms with Crippen LogP contribution in [0.3, 0.4) is 0 Å². The zero-order chi connectivity index (χ0) is 23.3. The number of nitrogens with zero attached hydrogens (tertiary/aromatic N) is 3. The molecule has 2 aromatic heterocycles. The number of hydrogen-bond acceptors (Lipinski definition) is 6. The lowest BCUT2D eigenvalue weighted by atomic mass is 9.92. The van der Waals surface area contributed by atoms with Gasteiger partial charge in [0.15, 0.2) is 5.65 Å². The van der Waals surface area contributed by atoms with Crippen LogP contribution >= 0.6 is 0 Å². The van der Waals surface area contributed by atoms with Crippen molar-refractivity contribution in [1.82, 2.24) is 14.6 Å². The van der Waals surface area contributed by atoms with E-state index in [0.29, 0.717) is 17.8 Å². The smallest absolute Gasteiger partial charge is 0.323 e. The summed E-state index contributed by atoms with van der Waals surface area (Å²) in [6.07, 6.45) is 7.70. The highest BCUT2D eigenvalue weighted by Gasteiger charge is 2.19. The number of carbonyl (C=O) groups is 1. The first-order valence-electron chi connectivity index (χ1n) is 11.5. The number of hydrogen-bond donors (Lipinski definition) is 5. The topological polar surface area (TPSA) is 121 Å². The van der Waals surface area contributed by atoms with Crippen molar-refractivity contribution in [2.24, 2.45) is 5.73 Å². The van der Waals surface area contributed by atoms with Crippen LogP contribution in [0.2, 0.25) is 0 Å². The average Bonchev–Trinajstić information content (AvgIpc) is 3.31. The Balaban J connectivity index is 1.26. The highest BCUT2D eigenvalue weighted by molar-refractivity contribution is 5.99. The van der Waals surface area contributed by atoms with Gasteiger partial charge in [0, 0.05) is 47.6 Å². The summed E-state index contributed by atoms with van der Waals surface area (Å²) in [5.41, 5.74) is 9.93. The normalized spacial score (nSPS) is 17.8. The summed E-state index contributed by atoms with van der Waals surface area (Å²) in [5.74, 6) is 0.796. The van der Waals surface area contributed by atoms with Crippen molar-refractivity contribution in [2.45, 2.75) is 37.8 Å². The lowest BCUT2D eigenvalue weighted by Gasteiger charge is -2.27. The van der Waals surface area contributed by atoms with E-state index >= 15 is 0 Å². The Kier molecular flexibility index (Phi) is 6.26. The Morgan fingerprint density at radius 2 is 1.59 bits per heavy atom. The van der Waals surface area contributed by atoms with E-state index in [-0.39, 0.29) is 6.03 Å². The maximum absolute atomic E-state index is 12.2. The van der Waals surface area contributed by atoms with Crippen molar-refractivity contribution < 1.29 is 4.79 Å². The fourth-order valence-corrected chi connectivity index (χ4v) is 4.16. The van der Waals surface area contributed by atoms with Crippen LogP contribution in [0, 0.1) is 0 Å². The number of anilines is 5. The molecular weight excluding hydrogens is 428 g/mol. The molecule has 0 aliphatic heterocycles. The largest absolute Gasteiger partial charge is 0.366 e. The van der Waals surface area contributed by atoms with Gasteiger partial charge in [-0.2, -0.15) is 0 Å². The molecule has 9 heteroatoms. The maximum atomic E-state index is 12.2. The first kappa shape index (κ1) is 21.7. The van der Waals surface area contributed by atoms with Crippen molar-refractivity contribution in [3.05, 3.63) is 73.1 Å². The Morgan fingerprint density at radius 3 is 2.32 bits per heavy atom. The third-order valence-corrected chi connectivity index (χ3v) is 5.94. The van der Waals surface area contributed by atoms with E-state index in [9.17, 15) is 4.79 Å². The summed E-state index contributed by atoms with van der Waals surface area (Å²) in [6, 6.07) is 19.2. The van der Waals surface area contributed by atoms with Gasteiger partial charge in [-0.15, -0.1) is 5.10 Å². The Bertz CT molecular complexity index is 1250. The van der Waals surface area contributed by atoms with E-state index in [1.807, 2.05) is 66.9 Å². The summed E-state index contributed by atoms with van der Waals surface area (Å²) in [4.78, 5) is 16.7. The lowest BCUT2D eigenvalue weighted by molar-refractivity contribution is 0.262. The summed E-state index contributed by atoms with van der Waals surface area (Å²) in [5, 5.41) is 17.3. The number of nitrogens with one attached hydrogen (secondary N) is 4. The number of rotatable bonds is 6. The van der Waals surface area contributed by atoms with Gasteiger partial charge in [0.1, 0.15) is 5.82 Å². The molecule has 2 heterocycles. The van der Waals surface area contributed by atoms with Gasteiger partial charge in [-0.05, 0) is 62.1 Å². The number of carbonyl (C=O) groups excluding carboxylic acids is 1. The van der Waals surface area contributed by atoms with Gasteiger partial charge in [-0.1, -0.05) is 18.2 Å². The van der Waals surface area contributed by atoms with Crippen LogP contribution in [0.5, 0.6) is 0 Å². The molecule has 4 aromatic rings. The number of para-hydroxylation sites is 1. The minimum absolute atomic E-state index is 0.292. The molecule has 174 valence electrons. The van der Waals surface area contributed by atoms with Crippen molar-refractivity contribution in [1.29, 1.82) is 0 Å². The standard InChI is InChI=1S/C25H28N8O/c26-17-6-8-20(9-7-17)29-23-16-22(24-27-14-15-33(24)32-23)28-19-10-12-21(13-11-19)31-25(34)30-18-4-2-1-3-5-18/h1-5,10-17,20,28H,6-9,26H2,(H,29,32)(H2,30,31,34)/t17-,20-. The predicted molar refractivity (Wildman–Crippen MR) is 136 cm³/mol. The van der Waals surface area contributed by atoms with Gasteiger partial charge in [0.25, 0.3) is 0 Å². The van der Waals surface area contributed by atoms with Crippen LogP contribution in [0.25, 0.3) is 5.65 Å². The van der Waals surface area contributed by atoms with Gasteiger partial charge >= 0.3 is 6.03 Å². The van der Waals surface area contributed by atoms with E-state index < -0.39 is 0 Å². The fourth-order valence-electron chi connectivity index (χ4n) is 4.16. The number of fused-ring (bicyclic) bond motifs is 1. The molecule has 1 aliphatic rings. The Labute approximate surface area is 197 Å². The van der Waals surface area contributed by atoms with Gasteiger partial charge in [0.05, 0.1) is 5.69 Å². The van der Waals surface area contributed by atoms with E-state index in [1.54, 1.807) is 10.7 Å². The first-order chi connectivity index (χ1) is 16.6. The molecule has 0 radical (unpaired) electrons. The first-order valence-corrected chi connectivity index (χ1v) is 11.5. The van der Waals surface area contributed by atoms with Crippen LogP contribution in [0.4, 0.5) is 33.4 Å². The molecule has 9 nitrogen and oxygen atoms in total. The molecule has 5 rings (SSSR count). The van der Waals surface area contributed by atoms with Gasteiger partial charge in [-0.25, -0.2) is 14.3 Å². The van der Waals surface area contributed by atoms with Crippen molar-refractivity contribution in [2.75, 3.05) is 21.3 Å². The molecule has 6 N–H and O–H groups in total. The quantitative estimate of drug-likeness (QED) is 0.284. The number of imidazole rings is 1. The van der Waals surface area contributed by atoms with E-state index in [1.165, 1.54) is 0 Å². The molecule has 0 unspecified atom stereocenters. The SMILES string of the molecule is N[C@H]1CC[C@H](Nc2cc(Nc3ccc(NC(=O)Nc4ccccc4)cc3)c3nccn3n2)CC1. The van der Waals surface area contributed by atoms with E-state index in [0.717, 1.165) is 54.2 Å². The van der Waals surface area contributed by atoms with Gasteiger partial charge in [-0.3, -0.25) is 0 Å². The van der Waals surface area contributed by atoms with Crippen molar-refractivity contribution >= 4 is 40.2 Å². The van der Waals surface area contributed by atoms with Crippen molar-refractivity contribution in [3.63, 3.8) is 0 Å². The second-order valence-corrected chi connectivity index (χ2v) is 8.54. The minimum atomic E-state index is -0.292. The molecule has 2 aromatic carbocycles.